The molecular weight excluding hydrogens is 448 g/mol. The average Bonchev–Trinajstić information content (AvgIpc) is 3.52. The Morgan fingerprint density at radius 3 is 2.65 bits per heavy atom. The second-order valence-corrected chi connectivity index (χ2v) is 8.76. The molecule has 2 aromatic carbocycles. The lowest BCUT2D eigenvalue weighted by Gasteiger charge is -2.21. The molecule has 2 aromatic heterocycles. The summed E-state index contributed by atoms with van der Waals surface area (Å²) in [6.45, 7) is 8.28. The molecule has 0 fully saturated rings. The maximum absolute atomic E-state index is 13.8. The summed E-state index contributed by atoms with van der Waals surface area (Å²) in [4.78, 5) is 24.6. The highest BCUT2D eigenvalue weighted by atomic mass is 32.1. The molecule has 4 rings (SSSR count). The normalized spacial score (nSPS) is 11.0. The van der Waals surface area contributed by atoms with Crippen molar-refractivity contribution < 1.29 is 14.3 Å². The Morgan fingerprint density at radius 2 is 1.91 bits per heavy atom. The zero-order valence-electron chi connectivity index (χ0n) is 19.9. The van der Waals surface area contributed by atoms with E-state index in [0.29, 0.717) is 42.0 Å². The summed E-state index contributed by atoms with van der Waals surface area (Å²) in [7, 11) is 0. The Bertz CT molecular complexity index is 1240. The van der Waals surface area contributed by atoms with Gasteiger partial charge in [-0.05, 0) is 56.5 Å². The first-order valence-corrected chi connectivity index (χ1v) is 12.5. The second kappa shape index (κ2) is 11.2. The van der Waals surface area contributed by atoms with Crippen molar-refractivity contribution in [1.29, 1.82) is 0 Å². The van der Waals surface area contributed by atoms with Crippen LogP contribution in [0.1, 0.15) is 43.1 Å². The largest absolute Gasteiger partial charge is 0.490 e. The van der Waals surface area contributed by atoms with Crippen LogP contribution < -0.4 is 14.4 Å². The number of anilines is 1. The summed E-state index contributed by atoms with van der Waals surface area (Å²) in [5.41, 5.74) is 2.70. The molecule has 0 atom stereocenters. The van der Waals surface area contributed by atoms with Gasteiger partial charge in [-0.25, -0.2) is 9.97 Å². The summed E-state index contributed by atoms with van der Waals surface area (Å²) >= 11 is 1.55. The lowest BCUT2D eigenvalue weighted by molar-refractivity contribution is 0.0985. The van der Waals surface area contributed by atoms with E-state index in [1.165, 1.54) is 5.56 Å². The Balaban J connectivity index is 1.67. The Hall–Kier alpha value is -3.39. The zero-order valence-corrected chi connectivity index (χ0v) is 20.7. The third-order valence-electron chi connectivity index (χ3n) is 5.50. The number of para-hydroxylation sites is 1. The lowest BCUT2D eigenvalue weighted by Crippen LogP contribution is -2.32. The molecule has 4 aromatic rings. The molecule has 0 N–H and O–H groups in total. The van der Waals surface area contributed by atoms with Gasteiger partial charge in [0, 0.05) is 31.0 Å². The molecule has 34 heavy (non-hydrogen) atoms. The van der Waals surface area contributed by atoms with E-state index in [4.69, 9.17) is 14.5 Å². The molecule has 0 bridgehead atoms. The first kappa shape index (κ1) is 23.8. The Morgan fingerprint density at radius 1 is 1.09 bits per heavy atom. The number of aryl methyl sites for hydroxylation is 2. The number of thiazole rings is 1. The monoisotopic (exact) mass is 478 g/mol. The summed E-state index contributed by atoms with van der Waals surface area (Å²) in [5, 5.41) is 0.707. The number of nitrogens with zero attached hydrogens (tertiary/aromatic N) is 4. The van der Waals surface area contributed by atoms with E-state index >= 15 is 0 Å². The van der Waals surface area contributed by atoms with E-state index < -0.39 is 0 Å². The average molecular weight is 479 g/mol. The standard InChI is InChI=1S/C26H30N4O3S/c1-4-19-9-7-10-23-24(19)28-26(34-23)30(15-8-14-29-16-13-27-18-29)25(31)20-11-12-21(32-5-2)22(17-20)33-6-3/h7,9-13,16-18H,4-6,8,14-15H2,1-3H3. The molecule has 0 aliphatic rings. The van der Waals surface area contributed by atoms with Gasteiger partial charge in [0.25, 0.3) is 5.91 Å². The number of hydrogen-bond acceptors (Lipinski definition) is 6. The number of carbonyl (C=O) groups excluding carboxylic acids is 1. The van der Waals surface area contributed by atoms with Crippen molar-refractivity contribution in [3.05, 3.63) is 66.2 Å². The molecule has 0 radical (unpaired) electrons. The molecule has 0 aliphatic heterocycles. The number of amides is 1. The van der Waals surface area contributed by atoms with Gasteiger partial charge in [-0.15, -0.1) is 0 Å². The maximum atomic E-state index is 13.8. The Labute approximate surface area is 204 Å². The highest BCUT2D eigenvalue weighted by Gasteiger charge is 2.23. The van der Waals surface area contributed by atoms with Gasteiger partial charge in [-0.3, -0.25) is 9.69 Å². The van der Waals surface area contributed by atoms with Gasteiger partial charge in [0.15, 0.2) is 16.6 Å². The van der Waals surface area contributed by atoms with Gasteiger partial charge in [0.1, 0.15) is 0 Å². The van der Waals surface area contributed by atoms with E-state index in [9.17, 15) is 4.79 Å². The van der Waals surface area contributed by atoms with E-state index in [0.717, 1.165) is 29.6 Å². The molecule has 0 spiro atoms. The smallest absolute Gasteiger partial charge is 0.260 e. The number of imidazole rings is 1. The molecule has 1 amide bonds. The second-order valence-electron chi connectivity index (χ2n) is 7.75. The van der Waals surface area contributed by atoms with Gasteiger partial charge < -0.3 is 14.0 Å². The Kier molecular flexibility index (Phi) is 7.80. The highest BCUT2D eigenvalue weighted by Crippen LogP contribution is 2.34. The van der Waals surface area contributed by atoms with Crippen LogP contribution in [0.3, 0.4) is 0 Å². The van der Waals surface area contributed by atoms with Crippen molar-refractivity contribution in [2.45, 2.75) is 40.2 Å². The molecule has 178 valence electrons. The van der Waals surface area contributed by atoms with Crippen LogP contribution in [0.4, 0.5) is 5.13 Å². The number of benzene rings is 2. The van der Waals surface area contributed by atoms with Crippen molar-refractivity contribution in [3.8, 4) is 11.5 Å². The summed E-state index contributed by atoms with van der Waals surface area (Å²) < 4.78 is 14.5. The van der Waals surface area contributed by atoms with Crippen LogP contribution in [-0.2, 0) is 13.0 Å². The number of ether oxygens (including phenoxy) is 2. The van der Waals surface area contributed by atoms with Gasteiger partial charge in [0.05, 0.1) is 29.8 Å². The lowest BCUT2D eigenvalue weighted by atomic mass is 10.1. The van der Waals surface area contributed by atoms with E-state index in [-0.39, 0.29) is 5.91 Å². The minimum atomic E-state index is -0.105. The van der Waals surface area contributed by atoms with Crippen molar-refractivity contribution >= 4 is 32.6 Å². The van der Waals surface area contributed by atoms with Crippen molar-refractivity contribution in [1.82, 2.24) is 14.5 Å². The fourth-order valence-electron chi connectivity index (χ4n) is 3.85. The van der Waals surface area contributed by atoms with Crippen LogP contribution in [0, 0.1) is 0 Å². The maximum Gasteiger partial charge on any atom is 0.260 e. The first-order valence-electron chi connectivity index (χ1n) is 11.7. The minimum Gasteiger partial charge on any atom is -0.490 e. The molecule has 0 saturated carbocycles. The van der Waals surface area contributed by atoms with Gasteiger partial charge >= 0.3 is 0 Å². The number of carbonyl (C=O) groups is 1. The van der Waals surface area contributed by atoms with Crippen molar-refractivity contribution in [2.75, 3.05) is 24.7 Å². The van der Waals surface area contributed by atoms with Crippen LogP contribution in [0.2, 0.25) is 0 Å². The quantitative estimate of drug-likeness (QED) is 0.281. The summed E-state index contributed by atoms with van der Waals surface area (Å²) in [6.07, 6.45) is 7.15. The molecule has 7 nitrogen and oxygen atoms in total. The van der Waals surface area contributed by atoms with E-state index in [2.05, 4.69) is 30.1 Å². The third-order valence-corrected chi connectivity index (χ3v) is 6.54. The fourth-order valence-corrected chi connectivity index (χ4v) is 4.89. The molecule has 2 heterocycles. The molecular formula is C26H30N4O3S. The topological polar surface area (TPSA) is 69.5 Å². The van der Waals surface area contributed by atoms with Gasteiger partial charge in [-0.2, -0.15) is 0 Å². The predicted molar refractivity (Wildman–Crippen MR) is 136 cm³/mol. The number of hydrogen-bond donors (Lipinski definition) is 0. The van der Waals surface area contributed by atoms with Crippen LogP contribution in [0.5, 0.6) is 11.5 Å². The van der Waals surface area contributed by atoms with Crippen LogP contribution in [0.25, 0.3) is 10.2 Å². The molecule has 0 saturated heterocycles. The summed E-state index contributed by atoms with van der Waals surface area (Å²) in [6, 6.07) is 11.6. The van der Waals surface area contributed by atoms with Crippen LogP contribution in [0.15, 0.2) is 55.1 Å². The molecule has 8 heteroatoms. The molecule has 0 aliphatic carbocycles. The SMILES string of the molecule is CCOc1ccc(C(=O)N(CCCn2ccnc2)c2nc3c(CC)cccc3s2)cc1OCC. The van der Waals surface area contributed by atoms with Gasteiger partial charge in [0.2, 0.25) is 0 Å². The first-order chi connectivity index (χ1) is 16.6. The highest BCUT2D eigenvalue weighted by molar-refractivity contribution is 7.22. The number of aromatic nitrogens is 3. The van der Waals surface area contributed by atoms with E-state index in [1.807, 2.05) is 24.6 Å². The minimum absolute atomic E-state index is 0.105. The fraction of sp³-hybridized carbons (Fsp3) is 0.346. The van der Waals surface area contributed by atoms with Crippen LogP contribution in [-0.4, -0.2) is 40.2 Å². The van der Waals surface area contributed by atoms with Gasteiger partial charge in [-0.1, -0.05) is 30.4 Å². The van der Waals surface area contributed by atoms with E-state index in [1.54, 1.807) is 47.0 Å². The molecule has 0 unspecified atom stereocenters. The number of fused-ring (bicyclic) bond motifs is 1. The predicted octanol–water partition coefficient (Wildman–Crippen LogP) is 5.59. The zero-order chi connectivity index (χ0) is 23.9. The number of rotatable bonds is 11. The third kappa shape index (κ3) is 5.22. The van der Waals surface area contributed by atoms with Crippen molar-refractivity contribution in [2.24, 2.45) is 0 Å². The van der Waals surface area contributed by atoms with Crippen molar-refractivity contribution in [3.63, 3.8) is 0 Å². The summed E-state index contributed by atoms with van der Waals surface area (Å²) in [5.74, 6) is 1.11. The van der Waals surface area contributed by atoms with Crippen LogP contribution >= 0.6 is 11.3 Å².